The molecule has 1 heteroatoms. The van der Waals surface area contributed by atoms with Gasteiger partial charge in [0.1, 0.15) is 0 Å². The largest absolute Gasteiger partial charge is 0.392 e. The molecule has 0 aromatic carbocycles. The Kier molecular flexibility index (Phi) is 4.66. The average molecular weight is 427 g/mol. The first-order chi connectivity index (χ1) is 14.2. The van der Waals surface area contributed by atoms with E-state index >= 15 is 0 Å². The minimum absolute atomic E-state index is 0.0446. The van der Waals surface area contributed by atoms with Crippen molar-refractivity contribution in [1.82, 2.24) is 0 Å². The molecule has 0 bridgehead atoms. The van der Waals surface area contributed by atoms with Gasteiger partial charge in [0.05, 0.1) is 6.10 Å². The van der Waals surface area contributed by atoms with Crippen LogP contribution in [0.1, 0.15) is 120 Å². The number of allylic oxidation sites excluding steroid dienone is 1. The molecule has 4 saturated carbocycles. The fourth-order valence-electron chi connectivity index (χ4n) is 10.4. The summed E-state index contributed by atoms with van der Waals surface area (Å²) in [5, 5.41) is 10.8. The second-order valence-electron chi connectivity index (χ2n) is 15.2. The summed E-state index contributed by atoms with van der Waals surface area (Å²) in [6.07, 6.45) is 15.9. The van der Waals surface area contributed by atoms with Crippen LogP contribution in [-0.4, -0.2) is 11.2 Å². The van der Waals surface area contributed by atoms with Gasteiger partial charge in [-0.2, -0.15) is 0 Å². The molecule has 0 radical (unpaired) electrons. The molecule has 5 rings (SSSR count). The molecule has 4 fully saturated rings. The van der Waals surface area contributed by atoms with E-state index < -0.39 is 0 Å². The summed E-state index contributed by atoms with van der Waals surface area (Å²) in [6, 6.07) is 0. The van der Waals surface area contributed by atoms with Crippen molar-refractivity contribution in [2.75, 3.05) is 0 Å². The van der Waals surface area contributed by atoms with Crippen LogP contribution in [0.5, 0.6) is 0 Å². The van der Waals surface area contributed by atoms with E-state index in [1.807, 2.05) is 0 Å². The molecular weight excluding hydrogens is 376 g/mol. The maximum Gasteiger partial charge on any atom is 0.0628 e. The minimum Gasteiger partial charge on any atom is -0.392 e. The molecule has 8 atom stereocenters. The molecule has 1 nitrogen and oxygen atoms in total. The highest BCUT2D eigenvalue weighted by Crippen LogP contribution is 2.77. The lowest BCUT2D eigenvalue weighted by Crippen LogP contribution is -2.65. The highest BCUT2D eigenvalue weighted by atomic mass is 16.3. The summed E-state index contributed by atoms with van der Waals surface area (Å²) in [5.74, 6) is 2.36. The topological polar surface area (TPSA) is 20.2 Å². The van der Waals surface area contributed by atoms with Crippen LogP contribution in [0.25, 0.3) is 0 Å². The Bertz CT molecular complexity index is 790. The van der Waals surface area contributed by atoms with Crippen LogP contribution >= 0.6 is 0 Å². The van der Waals surface area contributed by atoms with Crippen molar-refractivity contribution in [2.24, 2.45) is 50.2 Å². The third kappa shape index (κ3) is 2.77. The second kappa shape index (κ2) is 6.43. The first-order valence-corrected chi connectivity index (χ1v) is 13.6. The number of rotatable bonds is 0. The van der Waals surface area contributed by atoms with E-state index in [-0.39, 0.29) is 11.5 Å². The lowest BCUT2D eigenvalue weighted by Gasteiger charge is -2.73. The second-order valence-corrected chi connectivity index (χ2v) is 15.2. The van der Waals surface area contributed by atoms with E-state index in [0.29, 0.717) is 33.0 Å². The fraction of sp³-hybridized carbons (Fsp3) is 0.933. The van der Waals surface area contributed by atoms with Crippen LogP contribution in [-0.2, 0) is 0 Å². The van der Waals surface area contributed by atoms with Gasteiger partial charge in [-0.25, -0.2) is 0 Å². The lowest BCUT2D eigenvalue weighted by molar-refractivity contribution is -0.230. The van der Waals surface area contributed by atoms with Gasteiger partial charge in [0.25, 0.3) is 0 Å². The zero-order valence-corrected chi connectivity index (χ0v) is 21.9. The number of hydrogen-bond acceptors (Lipinski definition) is 1. The number of hydrogen-bond donors (Lipinski definition) is 1. The minimum atomic E-state index is -0.167. The molecule has 1 N–H and O–H groups in total. The van der Waals surface area contributed by atoms with Gasteiger partial charge >= 0.3 is 0 Å². The van der Waals surface area contributed by atoms with Crippen molar-refractivity contribution in [3.05, 3.63) is 11.6 Å². The molecule has 5 aliphatic carbocycles. The number of aliphatic hydroxyl groups excluding tert-OH is 1. The van der Waals surface area contributed by atoms with Crippen LogP contribution < -0.4 is 0 Å². The Labute approximate surface area is 192 Å². The zero-order chi connectivity index (χ0) is 22.7. The molecule has 0 heterocycles. The molecule has 0 aromatic rings. The molecule has 0 aliphatic heterocycles. The van der Waals surface area contributed by atoms with Gasteiger partial charge in [-0.1, -0.05) is 67.0 Å². The Morgan fingerprint density at radius 3 is 2.06 bits per heavy atom. The van der Waals surface area contributed by atoms with Crippen LogP contribution in [0.4, 0.5) is 0 Å². The quantitative estimate of drug-likeness (QED) is 0.387. The van der Waals surface area contributed by atoms with Crippen LogP contribution in [0.3, 0.4) is 0 Å². The van der Waals surface area contributed by atoms with Crippen molar-refractivity contribution < 1.29 is 5.11 Å². The van der Waals surface area contributed by atoms with E-state index in [1.165, 1.54) is 57.8 Å². The average Bonchev–Trinajstić information content (AvgIpc) is 2.68. The van der Waals surface area contributed by atoms with Gasteiger partial charge in [0.2, 0.25) is 0 Å². The highest BCUT2D eigenvalue weighted by molar-refractivity contribution is 5.30. The third-order valence-corrected chi connectivity index (χ3v) is 13.1. The number of aliphatic hydroxyl groups is 1. The monoisotopic (exact) mass is 426 g/mol. The fourth-order valence-corrected chi connectivity index (χ4v) is 10.4. The smallest absolute Gasteiger partial charge is 0.0628 e. The summed E-state index contributed by atoms with van der Waals surface area (Å²) in [7, 11) is 0. The van der Waals surface area contributed by atoms with Crippen LogP contribution in [0, 0.1) is 50.2 Å². The molecule has 0 unspecified atom stereocenters. The van der Waals surface area contributed by atoms with Crippen molar-refractivity contribution >= 4 is 0 Å². The number of fused-ring (bicyclic) bond motifs is 7. The Morgan fingerprint density at radius 1 is 0.742 bits per heavy atom. The molecular formula is C30H50O. The summed E-state index contributed by atoms with van der Waals surface area (Å²) in [5.41, 5.74) is 3.96. The van der Waals surface area contributed by atoms with Crippen molar-refractivity contribution in [3.63, 3.8) is 0 Å². The maximum absolute atomic E-state index is 10.8. The van der Waals surface area contributed by atoms with Gasteiger partial charge in [-0.3, -0.25) is 0 Å². The third-order valence-electron chi connectivity index (χ3n) is 13.1. The van der Waals surface area contributed by atoms with E-state index in [9.17, 15) is 5.11 Å². The SMILES string of the molecule is CC1(C)CC[C@]2(C)CC[C@]3(C)[C@H]4CC=C5[C@@H](CC[C@@H](O)C5(C)C)[C@]4(C)CC[C@@]3(C)[C@H]2C1. The summed E-state index contributed by atoms with van der Waals surface area (Å²) < 4.78 is 0. The van der Waals surface area contributed by atoms with Gasteiger partial charge in [-0.15, -0.1) is 0 Å². The van der Waals surface area contributed by atoms with Crippen molar-refractivity contribution in [3.8, 4) is 0 Å². The maximum atomic E-state index is 10.8. The first-order valence-electron chi connectivity index (χ1n) is 13.6. The molecule has 0 spiro atoms. The normalized spacial score (nSPS) is 55.2. The summed E-state index contributed by atoms with van der Waals surface area (Å²) in [6.45, 7) is 20.5. The van der Waals surface area contributed by atoms with Gasteiger partial charge < -0.3 is 5.11 Å². The highest BCUT2D eigenvalue weighted by Gasteiger charge is 2.69. The standard InChI is InChI=1S/C30H50O/c1-25(2)13-14-27(5)15-17-29(7)22-11-9-20-21(10-12-24(31)26(20,3)4)28(22,6)16-18-30(29,8)23(27)19-25/h9,21-24,31H,10-19H2,1-8H3/t21-,22+,23+,24-,27-,28+,29-,30+/m1/s1. The zero-order valence-electron chi connectivity index (χ0n) is 21.9. The Morgan fingerprint density at radius 2 is 1.35 bits per heavy atom. The molecule has 176 valence electrons. The van der Waals surface area contributed by atoms with Gasteiger partial charge in [-0.05, 0) is 109 Å². The predicted octanol–water partition coefficient (Wildman–Crippen LogP) is 8.17. The van der Waals surface area contributed by atoms with E-state index in [2.05, 4.69) is 61.5 Å². The van der Waals surface area contributed by atoms with Crippen LogP contribution in [0.2, 0.25) is 0 Å². The summed E-state index contributed by atoms with van der Waals surface area (Å²) >= 11 is 0. The molecule has 5 aliphatic rings. The Balaban J connectivity index is 1.57. The molecule has 0 aromatic heterocycles. The van der Waals surface area contributed by atoms with E-state index in [4.69, 9.17) is 0 Å². The molecule has 0 saturated heterocycles. The lowest BCUT2D eigenvalue weighted by atomic mass is 9.31. The predicted molar refractivity (Wildman–Crippen MR) is 131 cm³/mol. The van der Waals surface area contributed by atoms with Crippen LogP contribution in [0.15, 0.2) is 11.6 Å². The van der Waals surface area contributed by atoms with Gasteiger partial charge in [0, 0.05) is 5.41 Å². The Hall–Kier alpha value is -0.300. The van der Waals surface area contributed by atoms with Crippen molar-refractivity contribution in [1.29, 1.82) is 0 Å². The van der Waals surface area contributed by atoms with Crippen molar-refractivity contribution in [2.45, 2.75) is 126 Å². The van der Waals surface area contributed by atoms with E-state index in [0.717, 1.165) is 18.3 Å². The molecule has 31 heavy (non-hydrogen) atoms. The first kappa shape index (κ1) is 22.5. The van der Waals surface area contributed by atoms with Gasteiger partial charge in [0.15, 0.2) is 0 Å². The molecule has 0 amide bonds. The van der Waals surface area contributed by atoms with E-state index in [1.54, 1.807) is 5.57 Å². The summed E-state index contributed by atoms with van der Waals surface area (Å²) in [4.78, 5) is 0.